The Balaban J connectivity index is 1.99. The predicted octanol–water partition coefficient (Wildman–Crippen LogP) is 2.61. The van der Waals surface area contributed by atoms with Gasteiger partial charge in [-0.05, 0) is 31.5 Å². The van der Waals surface area contributed by atoms with E-state index in [1.807, 2.05) is 38.1 Å². The largest absolute Gasteiger partial charge is 0.487 e. The third kappa shape index (κ3) is 2.59. The molecule has 0 radical (unpaired) electrons. The number of ether oxygens (including phenoxy) is 1. The standard InChI is InChI=1S/C12H14N2O/c1-9-4-3-5-12(6-9)15-8-11-7-13-10(2)14-11/h3-7H,8H2,1-2H3,(H,13,14). The first-order chi connectivity index (χ1) is 7.24. The fourth-order valence-corrected chi connectivity index (χ4v) is 1.41. The number of rotatable bonds is 3. The Labute approximate surface area is 89.1 Å². The molecule has 0 aliphatic carbocycles. The number of aryl methyl sites for hydroxylation is 2. The van der Waals surface area contributed by atoms with Crippen molar-refractivity contribution in [2.24, 2.45) is 0 Å². The molecule has 0 aliphatic heterocycles. The lowest BCUT2D eigenvalue weighted by Gasteiger charge is -2.04. The number of imidazole rings is 1. The van der Waals surface area contributed by atoms with Crippen LogP contribution in [0.1, 0.15) is 17.1 Å². The molecule has 3 heteroatoms. The Morgan fingerprint density at radius 1 is 1.33 bits per heavy atom. The molecule has 3 nitrogen and oxygen atoms in total. The number of nitrogens with zero attached hydrogens (tertiary/aromatic N) is 1. The van der Waals surface area contributed by atoms with Crippen molar-refractivity contribution >= 4 is 0 Å². The number of aromatic amines is 1. The lowest BCUT2D eigenvalue weighted by Crippen LogP contribution is -1.95. The molecule has 0 amide bonds. The summed E-state index contributed by atoms with van der Waals surface area (Å²) in [6, 6.07) is 8.01. The summed E-state index contributed by atoms with van der Waals surface area (Å²) < 4.78 is 5.61. The van der Waals surface area contributed by atoms with E-state index in [0.29, 0.717) is 6.61 Å². The second-order valence-corrected chi connectivity index (χ2v) is 3.60. The van der Waals surface area contributed by atoms with Crippen LogP contribution in [0, 0.1) is 13.8 Å². The molecule has 15 heavy (non-hydrogen) atoms. The zero-order chi connectivity index (χ0) is 10.7. The van der Waals surface area contributed by atoms with Crippen LogP contribution in [0.5, 0.6) is 5.75 Å². The Morgan fingerprint density at radius 2 is 2.20 bits per heavy atom. The number of hydrogen-bond acceptors (Lipinski definition) is 2. The molecule has 2 rings (SSSR count). The monoisotopic (exact) mass is 202 g/mol. The van der Waals surface area contributed by atoms with Gasteiger partial charge in [0.15, 0.2) is 0 Å². The minimum atomic E-state index is 0.532. The van der Waals surface area contributed by atoms with Gasteiger partial charge in [-0.1, -0.05) is 12.1 Å². The highest BCUT2D eigenvalue weighted by Crippen LogP contribution is 2.13. The van der Waals surface area contributed by atoms with Gasteiger partial charge < -0.3 is 9.72 Å². The van der Waals surface area contributed by atoms with Crippen LogP contribution in [-0.4, -0.2) is 9.97 Å². The molecule has 0 saturated heterocycles. The van der Waals surface area contributed by atoms with Crippen molar-refractivity contribution in [3.05, 3.63) is 47.5 Å². The van der Waals surface area contributed by atoms with Gasteiger partial charge in [-0.15, -0.1) is 0 Å². The predicted molar refractivity (Wildman–Crippen MR) is 58.8 cm³/mol. The Kier molecular flexibility index (Phi) is 2.72. The van der Waals surface area contributed by atoms with Crippen LogP contribution in [0.2, 0.25) is 0 Å². The Morgan fingerprint density at radius 3 is 2.87 bits per heavy atom. The minimum absolute atomic E-state index is 0.532. The summed E-state index contributed by atoms with van der Waals surface area (Å²) in [5, 5.41) is 0. The first-order valence-corrected chi connectivity index (χ1v) is 4.94. The van der Waals surface area contributed by atoms with Crippen LogP contribution in [0.25, 0.3) is 0 Å². The quantitative estimate of drug-likeness (QED) is 0.830. The Bertz CT molecular complexity index is 448. The maximum Gasteiger partial charge on any atom is 0.130 e. The van der Waals surface area contributed by atoms with Gasteiger partial charge >= 0.3 is 0 Å². The highest BCUT2D eigenvalue weighted by Gasteiger charge is 1.98. The minimum Gasteiger partial charge on any atom is -0.487 e. The third-order valence-corrected chi connectivity index (χ3v) is 2.14. The van der Waals surface area contributed by atoms with E-state index in [2.05, 4.69) is 9.97 Å². The van der Waals surface area contributed by atoms with Crippen molar-refractivity contribution < 1.29 is 4.74 Å². The van der Waals surface area contributed by atoms with Gasteiger partial charge in [0.05, 0.1) is 11.9 Å². The van der Waals surface area contributed by atoms with Gasteiger partial charge in [0.1, 0.15) is 18.2 Å². The summed E-state index contributed by atoms with van der Waals surface area (Å²) in [5.74, 6) is 1.81. The molecule has 0 bridgehead atoms. The summed E-state index contributed by atoms with van der Waals surface area (Å²) in [6.45, 7) is 4.51. The van der Waals surface area contributed by atoms with E-state index in [9.17, 15) is 0 Å². The van der Waals surface area contributed by atoms with Gasteiger partial charge in [-0.3, -0.25) is 0 Å². The van der Waals surface area contributed by atoms with E-state index in [-0.39, 0.29) is 0 Å². The van der Waals surface area contributed by atoms with Gasteiger partial charge in [-0.25, -0.2) is 4.98 Å². The molecule has 78 valence electrons. The molecule has 1 aromatic heterocycles. The molecule has 0 aliphatic rings. The summed E-state index contributed by atoms with van der Waals surface area (Å²) in [5.41, 5.74) is 2.20. The van der Waals surface area contributed by atoms with E-state index in [4.69, 9.17) is 4.74 Å². The zero-order valence-corrected chi connectivity index (χ0v) is 8.95. The molecule has 0 atom stereocenters. The van der Waals surface area contributed by atoms with Crippen molar-refractivity contribution in [1.82, 2.24) is 9.97 Å². The van der Waals surface area contributed by atoms with Crippen LogP contribution in [0.4, 0.5) is 0 Å². The van der Waals surface area contributed by atoms with Crippen LogP contribution in [0.15, 0.2) is 30.5 Å². The molecule has 1 N–H and O–H groups in total. The SMILES string of the molecule is Cc1cccc(OCc2cnc(C)[nH]2)c1. The molecule has 0 spiro atoms. The normalized spacial score (nSPS) is 10.3. The van der Waals surface area contributed by atoms with E-state index in [1.165, 1.54) is 5.56 Å². The number of nitrogens with one attached hydrogen (secondary N) is 1. The summed E-state index contributed by atoms with van der Waals surface area (Å²) in [7, 11) is 0. The van der Waals surface area contributed by atoms with E-state index >= 15 is 0 Å². The van der Waals surface area contributed by atoms with Crippen LogP contribution >= 0.6 is 0 Å². The van der Waals surface area contributed by atoms with Crippen LogP contribution in [-0.2, 0) is 6.61 Å². The topological polar surface area (TPSA) is 37.9 Å². The lowest BCUT2D eigenvalue weighted by molar-refractivity contribution is 0.301. The molecule has 0 fully saturated rings. The summed E-state index contributed by atoms with van der Waals surface area (Å²) in [6.07, 6.45) is 1.80. The van der Waals surface area contributed by atoms with Gasteiger partial charge in [0.25, 0.3) is 0 Å². The molecular formula is C12H14N2O. The molecular weight excluding hydrogens is 188 g/mol. The van der Waals surface area contributed by atoms with Crippen molar-refractivity contribution in [1.29, 1.82) is 0 Å². The van der Waals surface area contributed by atoms with Crippen LogP contribution in [0.3, 0.4) is 0 Å². The fraction of sp³-hybridized carbons (Fsp3) is 0.250. The molecule has 2 aromatic rings. The van der Waals surface area contributed by atoms with E-state index in [0.717, 1.165) is 17.3 Å². The first kappa shape index (κ1) is 9.77. The molecule has 0 unspecified atom stereocenters. The molecule has 0 saturated carbocycles. The number of H-pyrrole nitrogens is 1. The Hall–Kier alpha value is -1.77. The van der Waals surface area contributed by atoms with Crippen molar-refractivity contribution in [2.45, 2.75) is 20.5 Å². The van der Waals surface area contributed by atoms with E-state index < -0.39 is 0 Å². The second kappa shape index (κ2) is 4.17. The average Bonchev–Trinajstić information content (AvgIpc) is 2.62. The third-order valence-electron chi connectivity index (χ3n) is 2.14. The summed E-state index contributed by atoms with van der Waals surface area (Å²) >= 11 is 0. The highest BCUT2D eigenvalue weighted by atomic mass is 16.5. The maximum absolute atomic E-state index is 5.61. The fourth-order valence-electron chi connectivity index (χ4n) is 1.41. The van der Waals surface area contributed by atoms with Gasteiger partial charge in [0.2, 0.25) is 0 Å². The molecule has 1 heterocycles. The second-order valence-electron chi connectivity index (χ2n) is 3.60. The van der Waals surface area contributed by atoms with E-state index in [1.54, 1.807) is 6.20 Å². The lowest BCUT2D eigenvalue weighted by atomic mass is 10.2. The maximum atomic E-state index is 5.61. The zero-order valence-electron chi connectivity index (χ0n) is 8.95. The van der Waals surface area contributed by atoms with Crippen molar-refractivity contribution in [3.63, 3.8) is 0 Å². The average molecular weight is 202 g/mol. The number of aromatic nitrogens is 2. The van der Waals surface area contributed by atoms with Gasteiger partial charge in [-0.2, -0.15) is 0 Å². The highest BCUT2D eigenvalue weighted by molar-refractivity contribution is 5.27. The number of hydrogen-bond donors (Lipinski definition) is 1. The smallest absolute Gasteiger partial charge is 0.130 e. The first-order valence-electron chi connectivity index (χ1n) is 4.94. The van der Waals surface area contributed by atoms with Crippen molar-refractivity contribution in [2.75, 3.05) is 0 Å². The molecule has 1 aromatic carbocycles. The van der Waals surface area contributed by atoms with Gasteiger partial charge in [0, 0.05) is 0 Å². The summed E-state index contributed by atoms with van der Waals surface area (Å²) in [4.78, 5) is 7.24. The van der Waals surface area contributed by atoms with Crippen molar-refractivity contribution in [3.8, 4) is 5.75 Å². The van der Waals surface area contributed by atoms with Crippen LogP contribution < -0.4 is 4.74 Å². The number of benzene rings is 1.